The van der Waals surface area contributed by atoms with Crippen molar-refractivity contribution in [3.8, 4) is 0 Å². The zero-order valence-electron chi connectivity index (χ0n) is 23.1. The smallest absolute Gasteiger partial charge is 0.245 e. The molecule has 4 heterocycles. The second kappa shape index (κ2) is 11.2. The first kappa shape index (κ1) is 28.3. The van der Waals surface area contributed by atoms with Crippen molar-refractivity contribution in [1.29, 1.82) is 0 Å². The van der Waals surface area contributed by atoms with Crippen LogP contribution in [0.25, 0.3) is 0 Å². The summed E-state index contributed by atoms with van der Waals surface area (Å²) in [5.41, 5.74) is -1.92. The molecule has 4 rings (SSSR count). The molecule has 1 spiro atoms. The second-order valence-electron chi connectivity index (χ2n) is 12.0. The van der Waals surface area contributed by atoms with Gasteiger partial charge in [0.1, 0.15) is 11.6 Å². The Balaban J connectivity index is 1.65. The average Bonchev–Trinajstić information content (AvgIpc) is 3.38. The van der Waals surface area contributed by atoms with Crippen LogP contribution in [0.4, 0.5) is 0 Å². The molecule has 0 aromatic rings. The number of carbonyl (C=O) groups is 3. The maximum Gasteiger partial charge on any atom is 0.245 e. The summed E-state index contributed by atoms with van der Waals surface area (Å²) in [5.74, 6) is -1.92. The summed E-state index contributed by atoms with van der Waals surface area (Å²) in [5, 5.41) is 16.4. The van der Waals surface area contributed by atoms with Crippen LogP contribution in [0, 0.1) is 23.7 Å². The number of hydrogen-bond donors (Lipinski definition) is 3. The third-order valence-electron chi connectivity index (χ3n) is 9.01. The van der Waals surface area contributed by atoms with Crippen molar-refractivity contribution in [3.63, 3.8) is 0 Å². The minimum atomic E-state index is -1.09. The normalized spacial score (nSPS) is 36.2. The SMILES string of the molecule is CCCNC(=O)[C@H]1[C@H]2C(=O)N([C@@H](CO)CC(C)C)C(C(=O)NCCN3CCOCC3)C23CC(C)[C@]1(C)O3. The summed E-state index contributed by atoms with van der Waals surface area (Å²) in [6.45, 7) is 14.4. The van der Waals surface area contributed by atoms with Crippen LogP contribution in [0.3, 0.4) is 0 Å². The van der Waals surface area contributed by atoms with Crippen molar-refractivity contribution in [2.75, 3.05) is 52.5 Å². The number of aliphatic hydroxyl groups excluding tert-OH is 1. The summed E-state index contributed by atoms with van der Waals surface area (Å²) in [4.78, 5) is 45.4. The number of nitrogens with one attached hydrogen (secondary N) is 2. The lowest BCUT2D eigenvalue weighted by molar-refractivity contribution is -0.151. The lowest BCUT2D eigenvalue weighted by atomic mass is 9.62. The lowest BCUT2D eigenvalue weighted by Crippen LogP contribution is -2.59. The highest BCUT2D eigenvalue weighted by atomic mass is 16.5. The van der Waals surface area contributed by atoms with Gasteiger partial charge >= 0.3 is 0 Å². The van der Waals surface area contributed by atoms with Crippen LogP contribution in [0.2, 0.25) is 0 Å². The number of morpholine rings is 1. The molecule has 0 aromatic heterocycles. The van der Waals surface area contributed by atoms with Gasteiger partial charge in [-0.25, -0.2) is 0 Å². The summed E-state index contributed by atoms with van der Waals surface area (Å²) >= 11 is 0. The topological polar surface area (TPSA) is 120 Å². The first-order valence-electron chi connectivity index (χ1n) is 14.1. The van der Waals surface area contributed by atoms with E-state index in [1.807, 2.05) is 34.6 Å². The van der Waals surface area contributed by atoms with E-state index in [-0.39, 0.29) is 36.2 Å². The third-order valence-corrected chi connectivity index (χ3v) is 9.01. The Kier molecular flexibility index (Phi) is 8.52. The van der Waals surface area contributed by atoms with E-state index in [0.717, 1.165) is 19.5 Å². The molecular weight excluding hydrogens is 476 g/mol. The molecule has 37 heavy (non-hydrogen) atoms. The first-order chi connectivity index (χ1) is 17.6. The number of aliphatic hydroxyl groups is 1. The zero-order chi connectivity index (χ0) is 27.0. The van der Waals surface area contributed by atoms with E-state index in [1.54, 1.807) is 4.90 Å². The number of rotatable bonds is 11. The van der Waals surface area contributed by atoms with E-state index in [0.29, 0.717) is 45.7 Å². The van der Waals surface area contributed by atoms with E-state index < -0.39 is 35.1 Å². The number of ether oxygens (including phenoxy) is 2. The number of likely N-dealkylation sites (tertiary alicyclic amines) is 1. The number of fused-ring (bicyclic) bond motifs is 1. The minimum absolute atomic E-state index is 0.00444. The predicted molar refractivity (Wildman–Crippen MR) is 138 cm³/mol. The quantitative estimate of drug-likeness (QED) is 0.359. The fourth-order valence-electron chi connectivity index (χ4n) is 7.21. The molecule has 10 nitrogen and oxygen atoms in total. The lowest BCUT2D eigenvalue weighted by Gasteiger charge is -2.37. The van der Waals surface area contributed by atoms with Gasteiger partial charge in [-0.3, -0.25) is 19.3 Å². The van der Waals surface area contributed by atoms with Gasteiger partial charge in [0.15, 0.2) is 0 Å². The van der Waals surface area contributed by atoms with Crippen LogP contribution >= 0.6 is 0 Å². The van der Waals surface area contributed by atoms with Gasteiger partial charge in [-0.2, -0.15) is 0 Å². The van der Waals surface area contributed by atoms with Gasteiger partial charge in [0.2, 0.25) is 17.7 Å². The van der Waals surface area contributed by atoms with Gasteiger partial charge < -0.3 is 30.1 Å². The fraction of sp³-hybridized carbons (Fsp3) is 0.889. The standard InChI is InChI=1S/C27H46N4O6/c1-6-7-28-23(33)20-21-25(35)31(19(16-32)14-17(2)3)22(27(21)15-18(4)26(20,5)37-27)24(34)29-8-9-30-10-12-36-13-11-30/h17-22,32H,6-16H2,1-5H3,(H,28,33)(H,29,34)/t18?,19-,20-,21+,22?,26+,27?/m1/s1. The van der Waals surface area contributed by atoms with Crippen molar-refractivity contribution in [2.24, 2.45) is 23.7 Å². The maximum absolute atomic E-state index is 14.2. The molecule has 7 atom stereocenters. The van der Waals surface area contributed by atoms with Crippen molar-refractivity contribution < 1.29 is 29.0 Å². The molecule has 2 bridgehead atoms. The highest BCUT2D eigenvalue weighted by molar-refractivity contribution is 5.99. The summed E-state index contributed by atoms with van der Waals surface area (Å²) in [7, 11) is 0. The van der Waals surface area contributed by atoms with E-state index in [1.165, 1.54) is 0 Å². The zero-order valence-corrected chi connectivity index (χ0v) is 23.1. The first-order valence-corrected chi connectivity index (χ1v) is 14.1. The minimum Gasteiger partial charge on any atom is -0.394 e. The van der Waals surface area contributed by atoms with Crippen molar-refractivity contribution in [1.82, 2.24) is 20.4 Å². The highest BCUT2D eigenvalue weighted by Gasteiger charge is 2.80. The van der Waals surface area contributed by atoms with Gasteiger partial charge in [-0.15, -0.1) is 0 Å². The van der Waals surface area contributed by atoms with E-state index >= 15 is 0 Å². The Bertz CT molecular complexity index is 864. The summed E-state index contributed by atoms with van der Waals surface area (Å²) in [6, 6.07) is -1.41. The highest BCUT2D eigenvalue weighted by Crippen LogP contribution is 2.65. The predicted octanol–water partition coefficient (Wildman–Crippen LogP) is 0.379. The molecule has 0 saturated carbocycles. The fourth-order valence-corrected chi connectivity index (χ4v) is 7.21. The average molecular weight is 523 g/mol. The number of nitrogens with zero attached hydrogens (tertiary/aromatic N) is 2. The van der Waals surface area contributed by atoms with E-state index in [4.69, 9.17) is 9.47 Å². The van der Waals surface area contributed by atoms with Gasteiger partial charge in [0.25, 0.3) is 0 Å². The van der Waals surface area contributed by atoms with Gasteiger partial charge in [-0.1, -0.05) is 27.7 Å². The maximum atomic E-state index is 14.2. The summed E-state index contributed by atoms with van der Waals surface area (Å²) < 4.78 is 12.1. The van der Waals surface area contributed by atoms with Gasteiger partial charge in [-0.05, 0) is 38.0 Å². The number of hydrogen-bond acceptors (Lipinski definition) is 7. The Morgan fingerprint density at radius 2 is 1.84 bits per heavy atom. The Morgan fingerprint density at radius 3 is 2.46 bits per heavy atom. The van der Waals surface area contributed by atoms with Crippen LogP contribution in [0.15, 0.2) is 0 Å². The van der Waals surface area contributed by atoms with Crippen LogP contribution < -0.4 is 10.6 Å². The molecule has 210 valence electrons. The van der Waals surface area contributed by atoms with E-state index in [9.17, 15) is 19.5 Å². The molecule has 0 radical (unpaired) electrons. The van der Waals surface area contributed by atoms with Gasteiger partial charge in [0.05, 0.1) is 43.3 Å². The summed E-state index contributed by atoms with van der Waals surface area (Å²) in [6.07, 6.45) is 1.87. The molecule has 10 heteroatoms. The van der Waals surface area contributed by atoms with Crippen LogP contribution in [0.5, 0.6) is 0 Å². The Labute approximate surface area is 220 Å². The molecule has 4 saturated heterocycles. The van der Waals surface area contributed by atoms with E-state index in [2.05, 4.69) is 15.5 Å². The molecule has 4 aliphatic rings. The van der Waals surface area contributed by atoms with Gasteiger partial charge in [0, 0.05) is 32.7 Å². The molecular formula is C27H46N4O6. The van der Waals surface area contributed by atoms with Crippen LogP contribution in [0.1, 0.15) is 53.9 Å². The molecule has 0 aliphatic carbocycles. The van der Waals surface area contributed by atoms with Crippen molar-refractivity contribution >= 4 is 17.7 Å². The Hall–Kier alpha value is -1.75. The third kappa shape index (κ3) is 4.90. The molecule has 3 amide bonds. The molecule has 3 unspecified atom stereocenters. The Morgan fingerprint density at radius 1 is 1.16 bits per heavy atom. The number of carbonyl (C=O) groups excluding carboxylic acids is 3. The second-order valence-corrected chi connectivity index (χ2v) is 12.0. The molecule has 4 fully saturated rings. The monoisotopic (exact) mass is 522 g/mol. The molecule has 4 aliphatic heterocycles. The molecule has 3 N–H and O–H groups in total. The molecule has 0 aromatic carbocycles. The largest absolute Gasteiger partial charge is 0.394 e. The van der Waals surface area contributed by atoms with Crippen molar-refractivity contribution in [2.45, 2.75) is 77.2 Å². The van der Waals surface area contributed by atoms with Crippen LogP contribution in [-0.4, -0.2) is 108 Å². The van der Waals surface area contributed by atoms with Crippen LogP contribution in [-0.2, 0) is 23.9 Å². The number of amides is 3. The van der Waals surface area contributed by atoms with Crippen molar-refractivity contribution in [3.05, 3.63) is 0 Å².